The van der Waals surface area contributed by atoms with Crippen molar-refractivity contribution in [1.29, 1.82) is 5.41 Å². The van der Waals surface area contributed by atoms with Crippen molar-refractivity contribution in [2.75, 3.05) is 26.2 Å². The Balaban J connectivity index is 1.23. The van der Waals surface area contributed by atoms with Crippen molar-refractivity contribution in [2.45, 2.75) is 64.3 Å². The summed E-state index contributed by atoms with van der Waals surface area (Å²) in [5, 5.41) is 16.0. The third kappa shape index (κ3) is 7.94. The Morgan fingerprint density at radius 1 is 0.871 bits per heavy atom. The normalized spacial score (nSPS) is 14.0. The molecule has 1 fully saturated rings. The number of carbonyl (C=O) groups is 1. The van der Waals surface area contributed by atoms with Gasteiger partial charge < -0.3 is 10.2 Å². The summed E-state index contributed by atoms with van der Waals surface area (Å²) in [4.78, 5) is 14.1. The molecule has 1 aliphatic heterocycles. The number of unbranched alkanes of at least 4 members (excludes halogenated alkanes) is 7. The maximum Gasteiger partial charge on any atom is 0.222 e. The van der Waals surface area contributed by atoms with Crippen LogP contribution in [0.1, 0.15) is 57.8 Å². The Hall–Kier alpha value is -2.47. The number of benzene rings is 1. The number of carbonyl (C=O) groups excluding carboxylic acids is 1. The number of rotatable bonds is 12. The van der Waals surface area contributed by atoms with Crippen molar-refractivity contribution in [3.63, 3.8) is 0 Å². The fourth-order valence-corrected chi connectivity index (χ4v) is 4.07. The van der Waals surface area contributed by atoms with Gasteiger partial charge in [-0.05, 0) is 25.0 Å². The van der Waals surface area contributed by atoms with E-state index in [0.29, 0.717) is 17.8 Å². The van der Waals surface area contributed by atoms with Gasteiger partial charge in [-0.3, -0.25) is 10.2 Å². The Morgan fingerprint density at radius 2 is 1.52 bits per heavy atom. The molecule has 0 aliphatic carbocycles. The first-order chi connectivity index (χ1) is 15.2. The third-order valence-electron chi connectivity index (χ3n) is 5.96. The number of piperazine rings is 1. The third-order valence-corrected chi connectivity index (χ3v) is 5.96. The summed E-state index contributed by atoms with van der Waals surface area (Å²) in [5.74, 6) is 0.331. The van der Waals surface area contributed by atoms with Crippen LogP contribution in [-0.2, 0) is 11.3 Å². The molecule has 6 heteroatoms. The van der Waals surface area contributed by atoms with E-state index in [1.165, 1.54) is 32.1 Å². The molecule has 2 N–H and O–H groups in total. The fraction of sp³-hybridized carbons (Fsp3) is 0.560. The Morgan fingerprint density at radius 3 is 2.23 bits per heavy atom. The minimum absolute atomic E-state index is 0.331. The molecular formula is C25H37N5O. The zero-order chi connectivity index (χ0) is 21.7. The van der Waals surface area contributed by atoms with Gasteiger partial charge in [0.2, 0.25) is 5.91 Å². The Kier molecular flexibility index (Phi) is 9.77. The number of hydrogen-bond donors (Lipinski definition) is 2. The summed E-state index contributed by atoms with van der Waals surface area (Å²) in [5.41, 5.74) is 2.48. The molecule has 1 saturated heterocycles. The average Bonchev–Trinajstić information content (AvgIpc) is 2.82. The molecule has 0 radical (unpaired) electrons. The van der Waals surface area contributed by atoms with Crippen LogP contribution in [0.5, 0.6) is 0 Å². The van der Waals surface area contributed by atoms with Crippen LogP contribution in [0.2, 0.25) is 0 Å². The van der Waals surface area contributed by atoms with Gasteiger partial charge in [-0.2, -0.15) is 5.10 Å². The van der Waals surface area contributed by atoms with E-state index in [1.54, 1.807) is 0 Å². The van der Waals surface area contributed by atoms with Gasteiger partial charge in [0.25, 0.3) is 0 Å². The maximum absolute atomic E-state index is 12.1. The molecule has 3 rings (SSSR count). The molecule has 168 valence electrons. The van der Waals surface area contributed by atoms with E-state index >= 15 is 0 Å². The second kappa shape index (κ2) is 13.1. The second-order valence-electron chi connectivity index (χ2n) is 8.40. The van der Waals surface area contributed by atoms with Crippen LogP contribution < -0.4 is 10.8 Å². The Bertz CT molecular complexity index is 842. The SMILES string of the molecule is N=c1ccc(-c2ccccc2)nn1CCCCCCCCCCC(=O)N1CCNCC1. The molecule has 2 heterocycles. The van der Waals surface area contributed by atoms with Crippen LogP contribution in [0.25, 0.3) is 11.3 Å². The number of aryl methyl sites for hydroxylation is 1. The molecular weight excluding hydrogens is 386 g/mol. The summed E-state index contributed by atoms with van der Waals surface area (Å²) in [7, 11) is 0. The molecule has 0 atom stereocenters. The lowest BCUT2D eigenvalue weighted by Crippen LogP contribution is -2.46. The average molecular weight is 424 g/mol. The first-order valence-electron chi connectivity index (χ1n) is 11.9. The predicted molar refractivity (Wildman–Crippen MR) is 125 cm³/mol. The zero-order valence-electron chi connectivity index (χ0n) is 18.7. The molecule has 1 aliphatic rings. The molecule has 0 saturated carbocycles. The standard InChI is InChI=1S/C25H37N5O/c26-24-16-15-23(22-12-8-7-9-13-22)28-30(24)19-11-6-4-2-1-3-5-10-14-25(31)29-20-17-27-18-21-29/h7-9,12-13,15-16,26-27H,1-6,10-11,14,17-21H2. The molecule has 1 amide bonds. The first kappa shape index (κ1) is 23.2. The van der Waals surface area contributed by atoms with Crippen LogP contribution in [0.4, 0.5) is 0 Å². The summed E-state index contributed by atoms with van der Waals surface area (Å²) in [6.45, 7) is 4.40. The van der Waals surface area contributed by atoms with E-state index in [1.807, 2.05) is 39.9 Å². The fourth-order valence-electron chi connectivity index (χ4n) is 4.07. The summed E-state index contributed by atoms with van der Waals surface area (Å²) < 4.78 is 1.82. The molecule has 1 aromatic carbocycles. The minimum atomic E-state index is 0.331. The number of nitrogens with zero attached hydrogens (tertiary/aromatic N) is 3. The van der Waals surface area contributed by atoms with Crippen LogP contribution in [0.3, 0.4) is 0 Å². The minimum Gasteiger partial charge on any atom is -0.340 e. The summed E-state index contributed by atoms with van der Waals surface area (Å²) >= 11 is 0. The van der Waals surface area contributed by atoms with Gasteiger partial charge in [0.05, 0.1) is 5.69 Å². The first-order valence-corrected chi connectivity index (χ1v) is 11.9. The Labute approximate surface area is 186 Å². The van der Waals surface area contributed by atoms with Gasteiger partial charge in [0.15, 0.2) is 0 Å². The summed E-state index contributed by atoms with van der Waals surface area (Å²) in [6.07, 6.45) is 10.1. The molecule has 2 aromatic rings. The maximum atomic E-state index is 12.1. The van der Waals surface area contributed by atoms with Crippen molar-refractivity contribution in [2.24, 2.45) is 0 Å². The van der Waals surface area contributed by atoms with Crippen LogP contribution in [-0.4, -0.2) is 46.8 Å². The van der Waals surface area contributed by atoms with Gasteiger partial charge in [-0.1, -0.05) is 68.9 Å². The van der Waals surface area contributed by atoms with E-state index in [0.717, 1.165) is 63.2 Å². The zero-order valence-corrected chi connectivity index (χ0v) is 18.7. The number of amides is 1. The molecule has 0 spiro atoms. The highest BCUT2D eigenvalue weighted by Crippen LogP contribution is 2.15. The smallest absolute Gasteiger partial charge is 0.222 e. The van der Waals surface area contributed by atoms with Crippen LogP contribution in [0, 0.1) is 5.41 Å². The highest BCUT2D eigenvalue weighted by Gasteiger charge is 2.15. The van der Waals surface area contributed by atoms with Crippen molar-refractivity contribution < 1.29 is 4.79 Å². The monoisotopic (exact) mass is 423 g/mol. The van der Waals surface area contributed by atoms with Gasteiger partial charge in [-0.25, -0.2) is 4.68 Å². The second-order valence-corrected chi connectivity index (χ2v) is 8.40. The lowest BCUT2D eigenvalue weighted by Gasteiger charge is -2.27. The molecule has 31 heavy (non-hydrogen) atoms. The van der Waals surface area contributed by atoms with Crippen molar-refractivity contribution in [1.82, 2.24) is 20.0 Å². The van der Waals surface area contributed by atoms with Crippen molar-refractivity contribution in [3.8, 4) is 11.3 Å². The highest BCUT2D eigenvalue weighted by molar-refractivity contribution is 5.76. The topological polar surface area (TPSA) is 74.0 Å². The van der Waals surface area contributed by atoms with E-state index in [2.05, 4.69) is 22.5 Å². The van der Waals surface area contributed by atoms with Crippen molar-refractivity contribution >= 4 is 5.91 Å². The highest BCUT2D eigenvalue weighted by atomic mass is 16.2. The van der Waals surface area contributed by atoms with E-state index in [4.69, 9.17) is 5.41 Å². The lowest BCUT2D eigenvalue weighted by molar-refractivity contribution is -0.131. The van der Waals surface area contributed by atoms with Gasteiger partial charge in [0.1, 0.15) is 5.49 Å². The van der Waals surface area contributed by atoms with Crippen LogP contribution in [0.15, 0.2) is 42.5 Å². The van der Waals surface area contributed by atoms with E-state index in [-0.39, 0.29) is 0 Å². The van der Waals surface area contributed by atoms with Gasteiger partial charge in [-0.15, -0.1) is 0 Å². The molecule has 1 aromatic heterocycles. The quantitative estimate of drug-likeness (QED) is 0.507. The predicted octanol–water partition coefficient (Wildman–Crippen LogP) is 3.97. The van der Waals surface area contributed by atoms with Gasteiger partial charge in [0, 0.05) is 44.7 Å². The van der Waals surface area contributed by atoms with Gasteiger partial charge >= 0.3 is 0 Å². The summed E-state index contributed by atoms with van der Waals surface area (Å²) in [6, 6.07) is 13.9. The number of hydrogen-bond acceptors (Lipinski definition) is 4. The molecule has 6 nitrogen and oxygen atoms in total. The lowest BCUT2D eigenvalue weighted by atomic mass is 10.1. The van der Waals surface area contributed by atoms with Crippen molar-refractivity contribution in [3.05, 3.63) is 48.0 Å². The number of nitrogens with one attached hydrogen (secondary N) is 2. The molecule has 0 unspecified atom stereocenters. The molecule has 0 bridgehead atoms. The number of aromatic nitrogens is 2. The van der Waals surface area contributed by atoms with E-state index in [9.17, 15) is 4.79 Å². The van der Waals surface area contributed by atoms with E-state index < -0.39 is 0 Å². The largest absolute Gasteiger partial charge is 0.340 e. The van der Waals surface area contributed by atoms with Crippen LogP contribution >= 0.6 is 0 Å².